The summed E-state index contributed by atoms with van der Waals surface area (Å²) in [5.41, 5.74) is 13.8. The van der Waals surface area contributed by atoms with Gasteiger partial charge in [-0.25, -0.2) is 0 Å². The molecule has 1 aliphatic rings. The average molecular weight is 660 g/mol. The molecule has 11 heteroatoms. The maximum absolute atomic E-state index is 13.9. The van der Waals surface area contributed by atoms with Gasteiger partial charge in [-0.05, 0) is 80.0 Å². The Morgan fingerprint density at radius 2 is 1.55 bits per heavy atom. The largest absolute Gasteiger partial charge is 0.336 e. The number of halogens is 4. The molecule has 7 nitrogen and oxygen atoms in total. The molecule has 1 aliphatic heterocycles. The highest BCUT2D eigenvalue weighted by atomic mass is 35.5. The van der Waals surface area contributed by atoms with Gasteiger partial charge in [0.1, 0.15) is 0 Å². The van der Waals surface area contributed by atoms with E-state index in [4.69, 9.17) is 57.9 Å². The number of benzene rings is 2. The molecule has 2 aromatic rings. The monoisotopic (exact) mass is 657 g/mol. The Bertz CT molecular complexity index is 1200. The van der Waals surface area contributed by atoms with E-state index < -0.39 is 6.04 Å². The summed E-state index contributed by atoms with van der Waals surface area (Å²) in [6.45, 7) is 7.23. The van der Waals surface area contributed by atoms with Gasteiger partial charge in [0.25, 0.3) is 0 Å². The Labute approximate surface area is 270 Å². The van der Waals surface area contributed by atoms with E-state index in [-0.39, 0.29) is 23.9 Å². The molecule has 0 radical (unpaired) electrons. The van der Waals surface area contributed by atoms with Crippen molar-refractivity contribution in [3.8, 4) is 0 Å². The first kappa shape index (κ1) is 34.9. The summed E-state index contributed by atoms with van der Waals surface area (Å²) in [6, 6.07) is 9.54. The second-order valence-electron chi connectivity index (χ2n) is 11.4. The number of hydrogen-bond acceptors (Lipinski definition) is 5. The Hall–Kier alpha value is -1.58. The lowest BCUT2D eigenvalue weighted by atomic mass is 9.93. The number of carbonyl (C=O) groups excluding carboxylic acids is 2. The summed E-state index contributed by atoms with van der Waals surface area (Å²) in [5, 5.41) is 5.46. The van der Waals surface area contributed by atoms with Crippen LogP contribution in [0.15, 0.2) is 36.4 Å². The average Bonchev–Trinajstić information content (AvgIpc) is 2.93. The van der Waals surface area contributed by atoms with Crippen LogP contribution < -0.4 is 16.8 Å². The Balaban J connectivity index is 1.79. The first-order valence-electron chi connectivity index (χ1n) is 14.6. The summed E-state index contributed by atoms with van der Waals surface area (Å²) in [4.78, 5) is 31.5. The Kier molecular flexibility index (Phi) is 14.2. The predicted octanol–water partition coefficient (Wildman–Crippen LogP) is 5.59. The van der Waals surface area contributed by atoms with Crippen molar-refractivity contribution >= 4 is 58.2 Å². The third-order valence-corrected chi connectivity index (χ3v) is 8.82. The van der Waals surface area contributed by atoms with E-state index in [2.05, 4.69) is 19.2 Å². The highest BCUT2D eigenvalue weighted by Gasteiger charge is 2.39. The normalized spacial score (nSPS) is 18.0. The quantitative estimate of drug-likeness (QED) is 0.230. The van der Waals surface area contributed by atoms with E-state index in [0.29, 0.717) is 64.9 Å². The van der Waals surface area contributed by atoms with Gasteiger partial charge in [-0.2, -0.15) is 0 Å². The topological polar surface area (TPSA) is 105 Å². The van der Waals surface area contributed by atoms with Crippen molar-refractivity contribution in [2.45, 2.75) is 70.5 Å². The van der Waals surface area contributed by atoms with Crippen molar-refractivity contribution in [3.63, 3.8) is 0 Å². The zero-order valence-electron chi connectivity index (χ0n) is 24.4. The van der Waals surface area contributed by atoms with Crippen molar-refractivity contribution in [2.75, 3.05) is 32.7 Å². The summed E-state index contributed by atoms with van der Waals surface area (Å²) >= 11 is 24.9. The molecule has 232 valence electrons. The van der Waals surface area contributed by atoms with Gasteiger partial charge in [0.2, 0.25) is 11.8 Å². The minimum absolute atomic E-state index is 0.0547. The lowest BCUT2D eigenvalue weighted by Crippen LogP contribution is -2.63. The molecule has 42 heavy (non-hydrogen) atoms. The van der Waals surface area contributed by atoms with Crippen molar-refractivity contribution < 1.29 is 9.59 Å². The predicted molar refractivity (Wildman–Crippen MR) is 175 cm³/mol. The standard InChI is InChI=1S/C31H43Cl4N5O2/c1-20(2)14-26-19-39(30(41)10-7-21-5-8-23(32)16-27(21)34)25(4-3-12-38-13-11-36)18-40(26)31(42)29(37)15-22-6-9-24(33)17-28(22)35/h5-6,8-9,16-17,20,25-26,29,38H,3-4,7,10-15,18-19,36-37H2,1-2H3/t25?,26-,29-/m1/s1. The van der Waals surface area contributed by atoms with E-state index in [0.717, 1.165) is 43.5 Å². The summed E-state index contributed by atoms with van der Waals surface area (Å²) < 4.78 is 0. The molecule has 3 atom stereocenters. The minimum atomic E-state index is -0.764. The molecule has 5 N–H and O–H groups in total. The molecular formula is C31H43Cl4N5O2. The molecule has 0 aromatic heterocycles. The van der Waals surface area contributed by atoms with Crippen molar-refractivity contribution in [3.05, 3.63) is 67.6 Å². The number of aryl methyl sites for hydroxylation is 1. The number of nitrogens with zero attached hydrogens (tertiary/aromatic N) is 2. The second-order valence-corrected chi connectivity index (χ2v) is 13.1. The number of amides is 2. The van der Waals surface area contributed by atoms with Crippen LogP contribution in [0.2, 0.25) is 20.1 Å². The smallest absolute Gasteiger partial charge is 0.240 e. The SMILES string of the molecule is CC(C)C[C@@H]1CN(C(=O)CCc2ccc(Cl)cc2Cl)C(CCCNCCN)CN1C(=O)[C@H](N)Cc1ccc(Cl)cc1Cl. The molecule has 2 aromatic carbocycles. The van der Waals surface area contributed by atoms with E-state index in [1.165, 1.54) is 0 Å². The van der Waals surface area contributed by atoms with Crippen molar-refractivity contribution in [1.82, 2.24) is 15.1 Å². The highest BCUT2D eigenvalue weighted by Crippen LogP contribution is 2.28. The third kappa shape index (κ3) is 10.3. The number of carbonyl (C=O) groups is 2. The maximum Gasteiger partial charge on any atom is 0.240 e. The number of hydrogen-bond donors (Lipinski definition) is 3. The molecule has 0 spiro atoms. The van der Waals surface area contributed by atoms with Gasteiger partial charge < -0.3 is 26.6 Å². The van der Waals surface area contributed by atoms with Crippen LogP contribution in [-0.2, 0) is 22.4 Å². The third-order valence-electron chi connectivity index (χ3n) is 7.65. The van der Waals surface area contributed by atoms with Crippen LogP contribution in [0.4, 0.5) is 0 Å². The fourth-order valence-corrected chi connectivity index (χ4v) is 6.53. The van der Waals surface area contributed by atoms with Crippen LogP contribution in [-0.4, -0.2) is 72.5 Å². The Morgan fingerprint density at radius 3 is 2.14 bits per heavy atom. The van der Waals surface area contributed by atoms with Crippen molar-refractivity contribution in [1.29, 1.82) is 0 Å². The fourth-order valence-electron chi connectivity index (χ4n) is 5.54. The molecule has 1 heterocycles. The molecule has 1 saturated heterocycles. The summed E-state index contributed by atoms with van der Waals surface area (Å²) in [7, 11) is 0. The van der Waals surface area contributed by atoms with E-state index in [1.54, 1.807) is 24.3 Å². The van der Waals surface area contributed by atoms with Gasteiger partial charge in [0.15, 0.2) is 0 Å². The van der Waals surface area contributed by atoms with E-state index >= 15 is 0 Å². The molecule has 0 bridgehead atoms. The summed E-state index contributed by atoms with van der Waals surface area (Å²) in [5.74, 6) is 0.256. The van der Waals surface area contributed by atoms with Gasteiger partial charge >= 0.3 is 0 Å². The molecular weight excluding hydrogens is 616 g/mol. The van der Waals surface area contributed by atoms with Crippen molar-refractivity contribution in [2.24, 2.45) is 17.4 Å². The van der Waals surface area contributed by atoms with Gasteiger partial charge in [-0.3, -0.25) is 9.59 Å². The van der Waals surface area contributed by atoms with Crippen LogP contribution >= 0.6 is 46.4 Å². The van der Waals surface area contributed by atoms with Crippen LogP contribution in [0.5, 0.6) is 0 Å². The fraction of sp³-hybridized carbons (Fsp3) is 0.548. The van der Waals surface area contributed by atoms with E-state index in [9.17, 15) is 9.59 Å². The number of piperazine rings is 1. The number of rotatable bonds is 14. The molecule has 1 unspecified atom stereocenters. The molecule has 0 saturated carbocycles. The summed E-state index contributed by atoms with van der Waals surface area (Å²) in [6.07, 6.45) is 3.50. The zero-order valence-corrected chi connectivity index (χ0v) is 27.5. The number of nitrogens with one attached hydrogen (secondary N) is 1. The molecule has 2 amide bonds. The van der Waals surface area contributed by atoms with Crippen LogP contribution in [0.1, 0.15) is 50.7 Å². The maximum atomic E-state index is 13.9. The first-order chi connectivity index (χ1) is 20.0. The highest BCUT2D eigenvalue weighted by molar-refractivity contribution is 6.35. The van der Waals surface area contributed by atoms with Crippen LogP contribution in [0.3, 0.4) is 0 Å². The van der Waals surface area contributed by atoms with Gasteiger partial charge in [0, 0.05) is 64.8 Å². The lowest BCUT2D eigenvalue weighted by molar-refractivity contribution is -0.148. The van der Waals surface area contributed by atoms with Gasteiger partial charge in [0.05, 0.1) is 6.04 Å². The molecule has 0 aliphatic carbocycles. The van der Waals surface area contributed by atoms with Crippen LogP contribution in [0.25, 0.3) is 0 Å². The second kappa shape index (κ2) is 17.0. The number of nitrogens with two attached hydrogens (primary N) is 2. The van der Waals surface area contributed by atoms with Crippen LogP contribution in [0, 0.1) is 5.92 Å². The minimum Gasteiger partial charge on any atom is -0.336 e. The lowest BCUT2D eigenvalue weighted by Gasteiger charge is -2.48. The van der Waals surface area contributed by atoms with E-state index in [1.807, 2.05) is 21.9 Å². The zero-order chi connectivity index (χ0) is 30.8. The first-order valence-corrected chi connectivity index (χ1v) is 16.2. The molecule has 1 fully saturated rings. The van der Waals surface area contributed by atoms with Gasteiger partial charge in [-0.1, -0.05) is 72.4 Å². The Morgan fingerprint density at radius 1 is 0.929 bits per heavy atom. The molecule has 3 rings (SSSR count). The van der Waals surface area contributed by atoms with Gasteiger partial charge in [-0.15, -0.1) is 0 Å².